The van der Waals surface area contributed by atoms with Gasteiger partial charge in [0.1, 0.15) is 17.4 Å². The number of fused-ring (bicyclic) bond motifs is 3. The van der Waals surface area contributed by atoms with Gasteiger partial charge in [-0.1, -0.05) is 39.0 Å². The van der Waals surface area contributed by atoms with E-state index in [1.165, 1.54) is 10.6 Å². The first-order valence-electron chi connectivity index (χ1n) is 15.0. The fraction of sp³-hybridized carbons (Fsp3) is 0.484. The maximum atomic E-state index is 13.9. The lowest BCUT2D eigenvalue weighted by Gasteiger charge is -2.39. The fourth-order valence-corrected chi connectivity index (χ4v) is 7.36. The third-order valence-corrected chi connectivity index (χ3v) is 10.3. The Bertz CT molecular complexity index is 1660. The van der Waals surface area contributed by atoms with E-state index >= 15 is 0 Å². The summed E-state index contributed by atoms with van der Waals surface area (Å²) < 4.78 is 25.1. The molecule has 6 rings (SSSR count). The van der Waals surface area contributed by atoms with Crippen LogP contribution in [0.1, 0.15) is 48.2 Å². The number of hydrogen-bond acceptors (Lipinski definition) is 7. The molecule has 0 saturated carbocycles. The Balaban J connectivity index is 1.08. The van der Waals surface area contributed by atoms with Crippen LogP contribution in [0.5, 0.6) is 0 Å². The van der Waals surface area contributed by atoms with Gasteiger partial charge in [0, 0.05) is 50.2 Å². The van der Waals surface area contributed by atoms with Crippen molar-refractivity contribution in [2.24, 2.45) is 5.41 Å². The Hall–Kier alpha value is -3.97. The van der Waals surface area contributed by atoms with Crippen LogP contribution in [-0.2, 0) is 14.8 Å². The molecule has 0 aliphatic carbocycles. The van der Waals surface area contributed by atoms with Crippen molar-refractivity contribution in [2.75, 3.05) is 50.4 Å². The Morgan fingerprint density at radius 1 is 0.977 bits per heavy atom. The topological polar surface area (TPSA) is 139 Å². The van der Waals surface area contributed by atoms with E-state index < -0.39 is 21.5 Å². The first kappa shape index (κ1) is 30.1. The lowest BCUT2D eigenvalue weighted by Crippen LogP contribution is -2.59. The minimum absolute atomic E-state index is 0.118. The van der Waals surface area contributed by atoms with Crippen molar-refractivity contribution in [1.82, 2.24) is 29.4 Å². The number of hydrogen-bond donors (Lipinski definition) is 2. The molecule has 3 aliphatic heterocycles. The summed E-state index contributed by atoms with van der Waals surface area (Å²) in [4.78, 5) is 53.8. The van der Waals surface area contributed by atoms with E-state index in [0.717, 1.165) is 16.6 Å². The van der Waals surface area contributed by atoms with Crippen molar-refractivity contribution < 1.29 is 22.8 Å². The average molecular weight is 622 g/mol. The van der Waals surface area contributed by atoms with Crippen molar-refractivity contribution in [3.8, 4) is 0 Å². The second-order valence-electron chi connectivity index (χ2n) is 13.1. The third-order valence-electron chi connectivity index (χ3n) is 8.99. The molecule has 3 amide bonds. The number of anilines is 1. The summed E-state index contributed by atoms with van der Waals surface area (Å²) in [5, 5.41) is 3.91. The molecule has 12 nitrogen and oxygen atoms in total. The molecule has 0 spiro atoms. The summed E-state index contributed by atoms with van der Waals surface area (Å²) >= 11 is 0. The number of likely N-dealkylation sites (tertiary alicyclic amines) is 2. The molecule has 3 aromatic rings. The molecule has 0 radical (unpaired) electrons. The number of pyridine rings is 1. The number of piperazine rings is 2. The molecule has 3 fully saturated rings. The Morgan fingerprint density at radius 2 is 1.66 bits per heavy atom. The van der Waals surface area contributed by atoms with Gasteiger partial charge in [0.2, 0.25) is 15.9 Å². The fourth-order valence-electron chi connectivity index (χ4n) is 6.53. The Morgan fingerprint density at radius 3 is 2.25 bits per heavy atom. The largest absolute Gasteiger partial charge is 0.368 e. The SMILES string of the molecule is CC(C)(C)[C@@H](NC(=O)c1cc2ccccc2[nH]1)C(=O)N1C[C@@H]2C[C@H]1CN2C(=O)c1ccc(N2CCN(S(C)(=O)=O)CC2)cn1. The van der Waals surface area contributed by atoms with Crippen molar-refractivity contribution in [1.29, 1.82) is 0 Å². The molecular formula is C31H39N7O5S. The van der Waals surface area contributed by atoms with Gasteiger partial charge in [0.15, 0.2) is 0 Å². The minimum atomic E-state index is -3.21. The highest BCUT2D eigenvalue weighted by Crippen LogP contribution is 2.34. The lowest BCUT2D eigenvalue weighted by atomic mass is 9.85. The highest BCUT2D eigenvalue weighted by molar-refractivity contribution is 7.88. The van der Waals surface area contributed by atoms with E-state index in [9.17, 15) is 22.8 Å². The lowest BCUT2D eigenvalue weighted by molar-refractivity contribution is -0.138. The van der Waals surface area contributed by atoms with Gasteiger partial charge in [-0.05, 0) is 36.1 Å². The number of sulfonamides is 1. The molecule has 2 bridgehead atoms. The van der Waals surface area contributed by atoms with E-state index in [4.69, 9.17) is 0 Å². The average Bonchev–Trinajstić information content (AvgIpc) is 3.73. The summed E-state index contributed by atoms with van der Waals surface area (Å²) in [5.41, 5.74) is 1.92. The van der Waals surface area contributed by atoms with Gasteiger partial charge in [-0.15, -0.1) is 0 Å². The summed E-state index contributed by atoms with van der Waals surface area (Å²) in [6.45, 7) is 8.57. The van der Waals surface area contributed by atoms with E-state index in [-0.39, 0.29) is 29.8 Å². The molecule has 2 N–H and O–H groups in total. The van der Waals surface area contributed by atoms with Gasteiger partial charge in [0.25, 0.3) is 11.8 Å². The van der Waals surface area contributed by atoms with Crippen LogP contribution in [0.3, 0.4) is 0 Å². The van der Waals surface area contributed by atoms with Crippen LogP contribution in [-0.4, -0.2) is 114 Å². The maximum absolute atomic E-state index is 13.9. The molecule has 44 heavy (non-hydrogen) atoms. The highest BCUT2D eigenvalue weighted by atomic mass is 32.2. The zero-order valence-electron chi connectivity index (χ0n) is 25.5. The standard InChI is InChI=1S/C31H39N7O5S/c1-31(2,3)27(34-28(39)26-15-20-7-5-6-8-24(20)33-26)30(41)38-19-22-16-23(38)18-37(22)29(40)25-10-9-21(17-32-25)35-11-13-36(14-12-35)44(4,42)43/h5-10,15,17,22-23,27,33H,11-14,16,18-19H2,1-4H3,(H,34,39)/t22-,23-,27-/m0/s1. The summed E-state index contributed by atoms with van der Waals surface area (Å²) in [6, 6.07) is 12.0. The van der Waals surface area contributed by atoms with E-state index in [2.05, 4.69) is 20.2 Å². The molecule has 3 aliphatic rings. The molecule has 1 aromatic carbocycles. The molecule has 3 atom stereocenters. The Kier molecular flexibility index (Phi) is 7.65. The summed E-state index contributed by atoms with van der Waals surface area (Å²) in [5.74, 6) is -0.639. The zero-order chi connectivity index (χ0) is 31.4. The zero-order valence-corrected chi connectivity index (χ0v) is 26.3. The number of benzene rings is 1. The van der Waals surface area contributed by atoms with Crippen molar-refractivity contribution >= 4 is 44.3 Å². The van der Waals surface area contributed by atoms with Crippen molar-refractivity contribution in [3.05, 3.63) is 60.0 Å². The van der Waals surface area contributed by atoms with Gasteiger partial charge in [-0.2, -0.15) is 4.31 Å². The number of carbonyl (C=O) groups is 3. The Labute approximate surface area is 257 Å². The van der Waals surface area contributed by atoms with E-state index in [1.807, 2.05) is 56.0 Å². The van der Waals surface area contributed by atoms with Crippen LogP contribution < -0.4 is 10.2 Å². The second kappa shape index (κ2) is 11.2. The molecule has 13 heteroatoms. The van der Waals surface area contributed by atoms with Crippen LogP contribution in [0, 0.1) is 5.41 Å². The number of H-pyrrole nitrogens is 1. The molecule has 3 saturated heterocycles. The molecule has 234 valence electrons. The van der Waals surface area contributed by atoms with Crippen LogP contribution in [0.4, 0.5) is 5.69 Å². The molecule has 0 unspecified atom stereocenters. The number of rotatable bonds is 6. The van der Waals surface area contributed by atoms with E-state index in [0.29, 0.717) is 57.1 Å². The number of para-hydroxylation sites is 1. The van der Waals surface area contributed by atoms with Crippen LogP contribution in [0.2, 0.25) is 0 Å². The highest BCUT2D eigenvalue weighted by Gasteiger charge is 2.50. The van der Waals surface area contributed by atoms with Gasteiger partial charge < -0.3 is 25.0 Å². The molecule has 5 heterocycles. The number of amides is 3. The summed E-state index contributed by atoms with van der Waals surface area (Å²) in [6.07, 6.45) is 3.57. The van der Waals surface area contributed by atoms with Crippen LogP contribution in [0.25, 0.3) is 10.9 Å². The number of carbonyl (C=O) groups excluding carboxylic acids is 3. The summed E-state index contributed by atoms with van der Waals surface area (Å²) in [7, 11) is -3.21. The normalized spacial score (nSPS) is 21.6. The van der Waals surface area contributed by atoms with Crippen molar-refractivity contribution in [3.63, 3.8) is 0 Å². The van der Waals surface area contributed by atoms with Gasteiger partial charge in [-0.3, -0.25) is 14.4 Å². The number of aromatic nitrogens is 2. The first-order chi connectivity index (χ1) is 20.8. The van der Waals surface area contributed by atoms with Crippen LogP contribution >= 0.6 is 0 Å². The van der Waals surface area contributed by atoms with Gasteiger partial charge >= 0.3 is 0 Å². The monoisotopic (exact) mass is 621 g/mol. The molecular weight excluding hydrogens is 582 g/mol. The van der Waals surface area contributed by atoms with Gasteiger partial charge in [-0.25, -0.2) is 13.4 Å². The predicted molar refractivity (Wildman–Crippen MR) is 167 cm³/mol. The van der Waals surface area contributed by atoms with Crippen LogP contribution in [0.15, 0.2) is 48.7 Å². The quantitative estimate of drug-likeness (QED) is 0.429. The second-order valence-corrected chi connectivity index (χ2v) is 15.1. The number of aromatic amines is 1. The minimum Gasteiger partial charge on any atom is -0.368 e. The predicted octanol–water partition coefficient (Wildman–Crippen LogP) is 1.91. The van der Waals surface area contributed by atoms with Crippen molar-refractivity contribution in [2.45, 2.75) is 45.3 Å². The number of nitrogens with zero attached hydrogens (tertiary/aromatic N) is 5. The molecule has 2 aromatic heterocycles. The number of nitrogens with one attached hydrogen (secondary N) is 2. The maximum Gasteiger partial charge on any atom is 0.272 e. The first-order valence-corrected chi connectivity index (χ1v) is 16.8. The third kappa shape index (κ3) is 5.77. The van der Waals surface area contributed by atoms with Gasteiger partial charge in [0.05, 0.1) is 30.2 Å². The van der Waals surface area contributed by atoms with E-state index in [1.54, 1.807) is 23.2 Å². The smallest absolute Gasteiger partial charge is 0.272 e.